The molecule has 0 bridgehead atoms. The Balaban J connectivity index is 1.29. The molecule has 44 heavy (non-hydrogen) atoms. The van der Waals surface area contributed by atoms with Crippen LogP contribution in [0.15, 0.2) is 109 Å². The number of carbonyl (C=O) groups excluding carboxylic acids is 1. The van der Waals surface area contributed by atoms with Crippen LogP contribution in [0.3, 0.4) is 0 Å². The molecule has 0 spiro atoms. The highest BCUT2D eigenvalue weighted by Gasteiger charge is 2.30. The Hall–Kier alpha value is -5.58. The third-order valence-electron chi connectivity index (χ3n) is 7.15. The van der Waals surface area contributed by atoms with Crippen molar-refractivity contribution in [1.82, 2.24) is 35.1 Å². The molecule has 3 aromatic heterocycles. The second-order valence-electron chi connectivity index (χ2n) is 10.0. The van der Waals surface area contributed by atoms with Crippen molar-refractivity contribution < 1.29 is 18.0 Å². The van der Waals surface area contributed by atoms with Gasteiger partial charge in [-0.25, -0.2) is 9.36 Å². The molecule has 6 aromatic rings. The predicted octanol–water partition coefficient (Wildman–Crippen LogP) is 6.55. The minimum absolute atomic E-state index is 0.0794. The fourth-order valence-electron chi connectivity index (χ4n) is 4.77. The van der Waals surface area contributed by atoms with E-state index in [-0.39, 0.29) is 5.91 Å². The number of amides is 1. The Kier molecular flexibility index (Phi) is 7.76. The van der Waals surface area contributed by atoms with Crippen LogP contribution in [-0.2, 0) is 17.4 Å². The minimum atomic E-state index is -4.38. The number of aryl methyl sites for hydroxylation is 1. The third kappa shape index (κ3) is 6.12. The van der Waals surface area contributed by atoms with Crippen molar-refractivity contribution >= 4 is 5.91 Å². The van der Waals surface area contributed by atoms with Crippen molar-refractivity contribution in [3.05, 3.63) is 121 Å². The number of carbonyl (C=O) groups is 1. The van der Waals surface area contributed by atoms with E-state index in [2.05, 4.69) is 20.6 Å². The molecule has 0 unspecified atom stereocenters. The van der Waals surface area contributed by atoms with Gasteiger partial charge in [0.2, 0.25) is 5.91 Å². The minimum Gasteiger partial charge on any atom is -0.359 e. The Bertz CT molecular complexity index is 1880. The molecule has 0 saturated heterocycles. The normalized spacial score (nSPS) is 11.5. The van der Waals surface area contributed by atoms with Gasteiger partial charge in [-0.1, -0.05) is 47.7 Å². The van der Waals surface area contributed by atoms with Crippen LogP contribution in [0.1, 0.15) is 17.7 Å². The van der Waals surface area contributed by atoms with Gasteiger partial charge in [-0.05, 0) is 65.7 Å². The summed E-state index contributed by atoms with van der Waals surface area (Å²) in [5, 5.41) is 15.9. The summed E-state index contributed by atoms with van der Waals surface area (Å²) in [6.07, 6.45) is -0.117. The predicted molar refractivity (Wildman–Crippen MR) is 160 cm³/mol. The van der Waals surface area contributed by atoms with Crippen LogP contribution < -0.4 is 5.32 Å². The van der Waals surface area contributed by atoms with Crippen LogP contribution >= 0.6 is 0 Å². The van der Waals surface area contributed by atoms with Crippen LogP contribution in [0.4, 0.5) is 13.2 Å². The van der Waals surface area contributed by atoms with Gasteiger partial charge >= 0.3 is 6.18 Å². The highest BCUT2D eigenvalue weighted by molar-refractivity contribution is 5.76. The second kappa shape index (κ2) is 12.0. The molecule has 0 aliphatic carbocycles. The summed E-state index contributed by atoms with van der Waals surface area (Å²) in [7, 11) is 1.60. The molecule has 0 fully saturated rings. The average Bonchev–Trinajstić information content (AvgIpc) is 3.72. The number of benzene rings is 3. The number of pyridine rings is 1. The quantitative estimate of drug-likeness (QED) is 0.216. The molecule has 0 aliphatic heterocycles. The zero-order chi connectivity index (χ0) is 30.7. The summed E-state index contributed by atoms with van der Waals surface area (Å²) in [5.41, 5.74) is 6.18. The standard InChI is InChI=1S/C33H26F3N7O/c1-37-32(44)18-13-26-20-31(24-7-5-22(6-8-24)23-9-11-25(12-10-23)33(34,35)36)43(40-26)28-16-14-27(15-17-28)42-21-30(39-41-42)29-4-2-3-19-38-29/h2-12,14-17,19-21H,13,18H2,1H3,(H,37,44). The molecule has 0 radical (unpaired) electrons. The third-order valence-corrected chi connectivity index (χ3v) is 7.15. The average molecular weight is 594 g/mol. The first-order valence-electron chi connectivity index (χ1n) is 13.8. The van der Waals surface area contributed by atoms with Crippen molar-refractivity contribution in [3.8, 4) is 45.1 Å². The molecular formula is C33H26F3N7O. The topological polar surface area (TPSA) is 90.5 Å². The molecule has 0 saturated carbocycles. The molecule has 3 heterocycles. The number of rotatable bonds is 8. The highest BCUT2D eigenvalue weighted by Crippen LogP contribution is 2.32. The largest absolute Gasteiger partial charge is 0.416 e. The Morgan fingerprint density at radius 2 is 1.48 bits per heavy atom. The lowest BCUT2D eigenvalue weighted by atomic mass is 10.0. The molecule has 3 aromatic carbocycles. The Morgan fingerprint density at radius 3 is 2.11 bits per heavy atom. The van der Waals surface area contributed by atoms with Gasteiger partial charge < -0.3 is 5.32 Å². The molecule has 6 rings (SSSR count). The summed E-state index contributed by atoms with van der Waals surface area (Å²) in [6.45, 7) is 0. The lowest BCUT2D eigenvalue weighted by Crippen LogP contribution is -2.18. The van der Waals surface area contributed by atoms with E-state index in [9.17, 15) is 18.0 Å². The number of hydrogen-bond donors (Lipinski definition) is 1. The van der Waals surface area contributed by atoms with E-state index >= 15 is 0 Å². The molecule has 0 atom stereocenters. The summed E-state index contributed by atoms with van der Waals surface area (Å²) in [4.78, 5) is 16.2. The lowest BCUT2D eigenvalue weighted by Gasteiger charge is -2.10. The van der Waals surface area contributed by atoms with Crippen LogP contribution in [0.2, 0.25) is 0 Å². The first-order valence-corrected chi connectivity index (χ1v) is 13.8. The summed E-state index contributed by atoms with van der Waals surface area (Å²) in [5.74, 6) is -0.0794. The van der Waals surface area contributed by atoms with Crippen molar-refractivity contribution in [2.24, 2.45) is 0 Å². The maximum atomic E-state index is 13.0. The van der Waals surface area contributed by atoms with Gasteiger partial charge in [0.05, 0.1) is 40.2 Å². The van der Waals surface area contributed by atoms with Gasteiger partial charge in [0.25, 0.3) is 0 Å². The monoisotopic (exact) mass is 593 g/mol. The van der Waals surface area contributed by atoms with Gasteiger partial charge in [0.15, 0.2) is 0 Å². The lowest BCUT2D eigenvalue weighted by molar-refractivity contribution is -0.137. The number of nitrogens with one attached hydrogen (secondary N) is 1. The number of hydrogen-bond acceptors (Lipinski definition) is 5. The van der Waals surface area contributed by atoms with E-state index in [4.69, 9.17) is 5.10 Å². The number of aromatic nitrogens is 6. The van der Waals surface area contributed by atoms with Gasteiger partial charge in [-0.2, -0.15) is 18.3 Å². The molecule has 1 N–H and O–H groups in total. The smallest absolute Gasteiger partial charge is 0.359 e. The van der Waals surface area contributed by atoms with Crippen LogP contribution in [-0.4, -0.2) is 42.7 Å². The fraction of sp³-hybridized carbons (Fsp3) is 0.121. The molecule has 1 amide bonds. The molecule has 220 valence electrons. The van der Waals surface area contributed by atoms with Gasteiger partial charge in [-0.15, -0.1) is 5.10 Å². The number of alkyl halides is 3. The van der Waals surface area contributed by atoms with Crippen molar-refractivity contribution in [2.45, 2.75) is 19.0 Å². The maximum Gasteiger partial charge on any atom is 0.416 e. The van der Waals surface area contributed by atoms with Crippen LogP contribution in [0, 0.1) is 0 Å². The summed E-state index contributed by atoms with van der Waals surface area (Å²) < 4.78 is 42.5. The fourth-order valence-corrected chi connectivity index (χ4v) is 4.77. The molecule has 0 aliphatic rings. The first kappa shape index (κ1) is 28.5. The van der Waals surface area contributed by atoms with Crippen molar-refractivity contribution in [3.63, 3.8) is 0 Å². The Labute approximate surface area is 250 Å². The summed E-state index contributed by atoms with van der Waals surface area (Å²) in [6, 6.07) is 27.9. The maximum absolute atomic E-state index is 13.0. The van der Waals surface area contributed by atoms with E-state index < -0.39 is 11.7 Å². The van der Waals surface area contributed by atoms with E-state index in [1.165, 1.54) is 12.1 Å². The Morgan fingerprint density at radius 1 is 0.818 bits per heavy atom. The second-order valence-corrected chi connectivity index (χ2v) is 10.0. The van der Waals surface area contributed by atoms with Gasteiger partial charge in [-0.3, -0.25) is 9.78 Å². The number of nitrogens with zero attached hydrogens (tertiary/aromatic N) is 6. The first-order chi connectivity index (χ1) is 21.3. The van der Waals surface area contributed by atoms with E-state index in [0.717, 1.165) is 51.7 Å². The molecule has 8 nitrogen and oxygen atoms in total. The van der Waals surface area contributed by atoms with Crippen LogP contribution in [0.25, 0.3) is 45.1 Å². The molecular weight excluding hydrogens is 567 g/mol. The van der Waals surface area contributed by atoms with Gasteiger partial charge in [0.1, 0.15) is 5.69 Å². The summed E-state index contributed by atoms with van der Waals surface area (Å²) >= 11 is 0. The van der Waals surface area contributed by atoms with Crippen LogP contribution in [0.5, 0.6) is 0 Å². The van der Waals surface area contributed by atoms with Crippen molar-refractivity contribution in [1.29, 1.82) is 0 Å². The van der Waals surface area contributed by atoms with Crippen molar-refractivity contribution in [2.75, 3.05) is 7.05 Å². The zero-order valence-electron chi connectivity index (χ0n) is 23.5. The zero-order valence-corrected chi connectivity index (χ0v) is 23.5. The van der Waals surface area contributed by atoms with E-state index in [1.807, 2.05) is 83.7 Å². The van der Waals surface area contributed by atoms with E-state index in [1.54, 1.807) is 17.9 Å². The highest BCUT2D eigenvalue weighted by atomic mass is 19.4. The van der Waals surface area contributed by atoms with E-state index in [0.29, 0.717) is 24.1 Å². The van der Waals surface area contributed by atoms with Gasteiger partial charge in [0, 0.05) is 31.6 Å². The molecule has 11 heteroatoms. The number of halogens is 3. The SMILES string of the molecule is CNC(=O)CCc1cc(-c2ccc(-c3ccc(C(F)(F)F)cc3)cc2)n(-c2ccc(-n3cc(-c4ccccn4)nn3)cc2)n1.